The van der Waals surface area contributed by atoms with Gasteiger partial charge in [-0.15, -0.1) is 11.3 Å². The Morgan fingerprint density at radius 2 is 1.62 bits per heavy atom. The topological polar surface area (TPSA) is 48.0 Å². The fraction of sp³-hybridized carbons (Fsp3) is 0.107. The van der Waals surface area contributed by atoms with E-state index in [0.717, 1.165) is 32.8 Å². The summed E-state index contributed by atoms with van der Waals surface area (Å²) in [5.41, 5.74) is 5.44. The summed E-state index contributed by atoms with van der Waals surface area (Å²) < 4.78 is 42.7. The van der Waals surface area contributed by atoms with Crippen LogP contribution < -0.4 is 11.3 Å². The highest BCUT2D eigenvalue weighted by atomic mass is 35.5. The minimum absolute atomic E-state index is 0.0762. The zero-order valence-corrected chi connectivity index (χ0v) is 21.7. The van der Waals surface area contributed by atoms with Crippen LogP contribution >= 0.6 is 34.5 Å². The number of nitrogen functional groups attached to an aromatic ring is 1. The number of pyridine rings is 1. The summed E-state index contributed by atoms with van der Waals surface area (Å²) in [5, 5.41) is 2.83. The van der Waals surface area contributed by atoms with Crippen LogP contribution in [0, 0.1) is 6.92 Å². The van der Waals surface area contributed by atoms with Crippen molar-refractivity contribution in [3.05, 3.63) is 110 Å². The second-order valence-electron chi connectivity index (χ2n) is 8.62. The Kier molecular flexibility index (Phi) is 6.56. The summed E-state index contributed by atoms with van der Waals surface area (Å²) in [6.07, 6.45) is -4.79. The number of alkyl halides is 3. The van der Waals surface area contributed by atoms with E-state index in [-0.39, 0.29) is 12.2 Å². The van der Waals surface area contributed by atoms with E-state index in [1.165, 1.54) is 22.0 Å². The van der Waals surface area contributed by atoms with Gasteiger partial charge in [0.1, 0.15) is 5.69 Å². The van der Waals surface area contributed by atoms with Crippen LogP contribution in [0.15, 0.2) is 77.6 Å². The Morgan fingerprint density at radius 3 is 2.32 bits per heavy atom. The van der Waals surface area contributed by atoms with Crippen molar-refractivity contribution in [2.75, 3.05) is 5.73 Å². The predicted octanol–water partition coefficient (Wildman–Crippen LogP) is 8.66. The lowest BCUT2D eigenvalue weighted by atomic mass is 9.99. The fourth-order valence-electron chi connectivity index (χ4n) is 4.36. The molecule has 5 rings (SSSR count). The predicted molar refractivity (Wildman–Crippen MR) is 147 cm³/mol. The SMILES string of the molecule is Cc1ccc(-c2ccc(-c3cc(C(F)(F)F)c(N)c(=O)n3Cc3ccc(Cl)cc3Cl)s2)c2ccccc12. The average molecular weight is 559 g/mol. The van der Waals surface area contributed by atoms with Gasteiger partial charge in [-0.05, 0) is 64.7 Å². The molecule has 2 N–H and O–H groups in total. The summed E-state index contributed by atoms with van der Waals surface area (Å²) >= 11 is 13.6. The number of fused-ring (bicyclic) bond motifs is 1. The number of halogens is 5. The Bertz CT molecular complexity index is 1720. The normalized spacial score (nSPS) is 11.8. The number of aromatic nitrogens is 1. The molecular formula is C28H19Cl2F3N2OS. The first-order valence-corrected chi connectivity index (χ1v) is 12.7. The smallest absolute Gasteiger partial charge is 0.394 e. The Balaban J connectivity index is 1.70. The van der Waals surface area contributed by atoms with Crippen molar-refractivity contribution in [2.45, 2.75) is 19.6 Å². The van der Waals surface area contributed by atoms with Crippen molar-refractivity contribution in [1.82, 2.24) is 4.57 Å². The molecule has 0 saturated heterocycles. The van der Waals surface area contributed by atoms with Gasteiger partial charge in [-0.25, -0.2) is 0 Å². The summed E-state index contributed by atoms with van der Waals surface area (Å²) in [5.74, 6) is 0. The zero-order chi connectivity index (χ0) is 26.5. The number of hydrogen-bond acceptors (Lipinski definition) is 3. The van der Waals surface area contributed by atoms with Crippen molar-refractivity contribution >= 4 is 51.0 Å². The van der Waals surface area contributed by atoms with E-state index < -0.39 is 23.0 Å². The standard InChI is InChI=1S/C28H19Cl2F3N2OS/c1-15-6-9-20(19-5-3-2-4-18(15)19)24-10-11-25(37-24)23-13-21(28(31,32)33)26(34)27(36)35(23)14-16-7-8-17(29)12-22(16)30/h2-13H,14,34H2,1H3. The highest BCUT2D eigenvalue weighted by Gasteiger charge is 2.36. The molecule has 2 aromatic heterocycles. The second kappa shape index (κ2) is 9.56. The molecule has 2 heterocycles. The maximum absolute atomic E-state index is 13.8. The third-order valence-electron chi connectivity index (χ3n) is 6.25. The van der Waals surface area contributed by atoms with Gasteiger partial charge in [0.15, 0.2) is 0 Å². The monoisotopic (exact) mass is 558 g/mol. The molecule has 5 aromatic rings. The Morgan fingerprint density at radius 1 is 0.919 bits per heavy atom. The quantitative estimate of drug-likeness (QED) is 0.240. The molecule has 0 fully saturated rings. The minimum Gasteiger partial charge on any atom is -0.394 e. The Hall–Kier alpha value is -3.26. The van der Waals surface area contributed by atoms with Gasteiger partial charge in [-0.2, -0.15) is 13.2 Å². The molecule has 3 aromatic carbocycles. The van der Waals surface area contributed by atoms with Gasteiger partial charge >= 0.3 is 6.18 Å². The van der Waals surface area contributed by atoms with E-state index in [0.29, 0.717) is 20.5 Å². The molecule has 0 unspecified atom stereocenters. The van der Waals surface area contributed by atoms with Crippen LogP contribution in [-0.2, 0) is 12.7 Å². The number of rotatable bonds is 4. The maximum atomic E-state index is 13.8. The van der Waals surface area contributed by atoms with E-state index in [4.69, 9.17) is 28.9 Å². The number of benzene rings is 3. The van der Waals surface area contributed by atoms with Gasteiger partial charge in [0.25, 0.3) is 5.56 Å². The highest BCUT2D eigenvalue weighted by molar-refractivity contribution is 7.18. The molecular weight excluding hydrogens is 540 g/mol. The number of hydrogen-bond donors (Lipinski definition) is 1. The lowest BCUT2D eigenvalue weighted by molar-refractivity contribution is -0.137. The van der Waals surface area contributed by atoms with Crippen LogP contribution in [0.3, 0.4) is 0 Å². The van der Waals surface area contributed by atoms with Gasteiger partial charge in [0.2, 0.25) is 0 Å². The van der Waals surface area contributed by atoms with Crippen LogP contribution in [0.2, 0.25) is 10.0 Å². The third-order valence-corrected chi connectivity index (χ3v) is 7.98. The van der Waals surface area contributed by atoms with Gasteiger partial charge < -0.3 is 10.3 Å². The molecule has 0 aliphatic carbocycles. The van der Waals surface area contributed by atoms with Gasteiger partial charge in [-0.3, -0.25) is 4.79 Å². The van der Waals surface area contributed by atoms with E-state index in [9.17, 15) is 18.0 Å². The first kappa shape index (κ1) is 25.4. The van der Waals surface area contributed by atoms with Crippen LogP contribution in [0.25, 0.3) is 31.8 Å². The molecule has 0 aliphatic heterocycles. The number of aryl methyl sites for hydroxylation is 1. The van der Waals surface area contributed by atoms with Crippen molar-refractivity contribution < 1.29 is 13.2 Å². The lowest BCUT2D eigenvalue weighted by Gasteiger charge is -2.18. The molecule has 0 aliphatic rings. The van der Waals surface area contributed by atoms with E-state index >= 15 is 0 Å². The van der Waals surface area contributed by atoms with E-state index in [1.807, 2.05) is 49.4 Å². The molecule has 3 nitrogen and oxygen atoms in total. The average Bonchev–Trinajstić information content (AvgIpc) is 3.33. The number of thiophene rings is 1. The van der Waals surface area contributed by atoms with Crippen LogP contribution in [-0.4, -0.2) is 4.57 Å². The van der Waals surface area contributed by atoms with Crippen molar-refractivity contribution in [2.24, 2.45) is 0 Å². The number of nitrogens with two attached hydrogens (primary N) is 1. The third kappa shape index (κ3) is 4.75. The molecule has 0 atom stereocenters. The summed E-state index contributed by atoms with van der Waals surface area (Å²) in [4.78, 5) is 14.5. The van der Waals surface area contributed by atoms with E-state index in [2.05, 4.69) is 0 Å². The lowest BCUT2D eigenvalue weighted by Crippen LogP contribution is -2.28. The molecule has 0 bridgehead atoms. The maximum Gasteiger partial charge on any atom is 0.418 e. The van der Waals surface area contributed by atoms with Gasteiger partial charge in [0, 0.05) is 14.9 Å². The highest BCUT2D eigenvalue weighted by Crippen LogP contribution is 2.41. The molecule has 188 valence electrons. The van der Waals surface area contributed by atoms with Crippen molar-refractivity contribution in [3.63, 3.8) is 0 Å². The van der Waals surface area contributed by atoms with Crippen LogP contribution in [0.1, 0.15) is 16.7 Å². The molecule has 0 saturated carbocycles. The fourth-order valence-corrected chi connectivity index (χ4v) is 5.90. The van der Waals surface area contributed by atoms with Gasteiger partial charge in [0.05, 0.1) is 22.7 Å². The Labute approximate surface area is 224 Å². The first-order chi connectivity index (χ1) is 17.5. The zero-order valence-electron chi connectivity index (χ0n) is 19.4. The number of anilines is 1. The van der Waals surface area contributed by atoms with Crippen molar-refractivity contribution in [1.29, 1.82) is 0 Å². The molecule has 0 radical (unpaired) electrons. The summed E-state index contributed by atoms with van der Waals surface area (Å²) in [6, 6.07) is 21.2. The van der Waals surface area contributed by atoms with Gasteiger partial charge in [-0.1, -0.05) is 65.7 Å². The second-order valence-corrected chi connectivity index (χ2v) is 10.5. The van der Waals surface area contributed by atoms with Crippen LogP contribution in [0.5, 0.6) is 0 Å². The molecule has 9 heteroatoms. The van der Waals surface area contributed by atoms with Crippen LogP contribution in [0.4, 0.5) is 18.9 Å². The van der Waals surface area contributed by atoms with E-state index in [1.54, 1.807) is 18.2 Å². The van der Waals surface area contributed by atoms with Crippen molar-refractivity contribution in [3.8, 4) is 21.0 Å². The first-order valence-electron chi connectivity index (χ1n) is 11.2. The molecule has 37 heavy (non-hydrogen) atoms. The largest absolute Gasteiger partial charge is 0.418 e. The molecule has 0 amide bonds. The summed E-state index contributed by atoms with van der Waals surface area (Å²) in [6.45, 7) is 1.95. The molecule has 0 spiro atoms. The summed E-state index contributed by atoms with van der Waals surface area (Å²) in [7, 11) is 0. The number of nitrogens with zero attached hydrogens (tertiary/aromatic N) is 1. The minimum atomic E-state index is -4.79.